The van der Waals surface area contributed by atoms with Crippen LogP contribution in [0, 0.1) is 0 Å². The third-order valence-corrected chi connectivity index (χ3v) is 4.59. The van der Waals surface area contributed by atoms with Gasteiger partial charge in [-0.1, -0.05) is 0 Å². The number of hydrogen-bond donors (Lipinski definition) is 1. The van der Waals surface area contributed by atoms with Crippen molar-refractivity contribution in [3.63, 3.8) is 0 Å². The molecule has 19 heavy (non-hydrogen) atoms. The third kappa shape index (κ3) is 2.26. The number of nitrogens with zero attached hydrogens (tertiary/aromatic N) is 4. The van der Waals surface area contributed by atoms with Gasteiger partial charge in [-0.2, -0.15) is 4.98 Å². The lowest BCUT2D eigenvalue weighted by molar-refractivity contribution is 0.233. The molecule has 6 heteroatoms. The van der Waals surface area contributed by atoms with Crippen molar-refractivity contribution in [3.8, 4) is 0 Å². The normalized spacial score (nSPS) is 21.0. The minimum Gasteiger partial charge on any atom is -0.357 e. The van der Waals surface area contributed by atoms with E-state index in [1.807, 2.05) is 7.05 Å². The quantitative estimate of drug-likeness (QED) is 0.908. The number of aromatic nitrogens is 2. The first-order valence-corrected chi connectivity index (χ1v) is 7.45. The molecule has 1 unspecified atom stereocenters. The van der Waals surface area contributed by atoms with E-state index in [4.69, 9.17) is 0 Å². The Morgan fingerprint density at radius 1 is 1.37 bits per heavy atom. The van der Waals surface area contributed by atoms with Crippen LogP contribution in [0.2, 0.25) is 0 Å². The minimum atomic E-state index is 0.551. The van der Waals surface area contributed by atoms with Gasteiger partial charge in [0.25, 0.3) is 0 Å². The van der Waals surface area contributed by atoms with Gasteiger partial charge in [0.05, 0.1) is 5.39 Å². The first kappa shape index (κ1) is 12.6. The highest BCUT2D eigenvalue weighted by Gasteiger charge is 2.23. The molecule has 0 radical (unpaired) electrons. The van der Waals surface area contributed by atoms with E-state index < -0.39 is 0 Å². The van der Waals surface area contributed by atoms with Gasteiger partial charge in [0.15, 0.2) is 0 Å². The number of nitrogens with one attached hydrogen (secondary N) is 1. The second-order valence-corrected chi connectivity index (χ2v) is 5.93. The number of thiophene rings is 1. The van der Waals surface area contributed by atoms with E-state index in [0.717, 1.165) is 30.3 Å². The zero-order chi connectivity index (χ0) is 13.4. The second kappa shape index (κ2) is 4.94. The average molecular weight is 277 g/mol. The van der Waals surface area contributed by atoms with Crippen LogP contribution in [0.15, 0.2) is 11.4 Å². The number of hydrogen-bond acceptors (Lipinski definition) is 6. The van der Waals surface area contributed by atoms with E-state index in [9.17, 15) is 0 Å². The summed E-state index contributed by atoms with van der Waals surface area (Å²) in [5.41, 5.74) is 0. The number of likely N-dealkylation sites (N-methyl/N-ethyl adjacent to an activating group) is 1. The molecule has 2 aromatic heterocycles. The molecule has 0 bridgehead atoms. The first-order chi connectivity index (χ1) is 9.19. The summed E-state index contributed by atoms with van der Waals surface area (Å²) in [6, 6.07) is 2.67. The Labute approximate surface area is 117 Å². The maximum absolute atomic E-state index is 4.67. The van der Waals surface area contributed by atoms with Gasteiger partial charge in [-0.3, -0.25) is 0 Å². The van der Waals surface area contributed by atoms with E-state index >= 15 is 0 Å². The van der Waals surface area contributed by atoms with Gasteiger partial charge in [0, 0.05) is 32.7 Å². The van der Waals surface area contributed by atoms with Gasteiger partial charge in [-0.15, -0.1) is 11.3 Å². The molecular formula is C13H19N5S. The standard InChI is InChI=1S/C13H19N5S/c1-9-8-18(6-5-17(9)3)11-10-4-7-19-12(10)16-13(14-2)15-11/h4,7,9H,5-6,8H2,1-3H3,(H,14,15,16). The topological polar surface area (TPSA) is 44.3 Å². The van der Waals surface area contributed by atoms with Crippen LogP contribution < -0.4 is 10.2 Å². The Balaban J connectivity index is 2.01. The molecule has 1 atom stereocenters. The molecule has 1 saturated heterocycles. The molecule has 0 spiro atoms. The lowest BCUT2D eigenvalue weighted by Crippen LogP contribution is -2.50. The van der Waals surface area contributed by atoms with Gasteiger partial charge in [0.1, 0.15) is 10.6 Å². The molecule has 3 rings (SSSR count). The molecular weight excluding hydrogens is 258 g/mol. The Morgan fingerprint density at radius 3 is 2.95 bits per heavy atom. The summed E-state index contributed by atoms with van der Waals surface area (Å²) in [4.78, 5) is 15.0. The van der Waals surface area contributed by atoms with Crippen LogP contribution in [0.1, 0.15) is 6.92 Å². The molecule has 0 aromatic carbocycles. The lowest BCUT2D eigenvalue weighted by atomic mass is 10.2. The smallest absolute Gasteiger partial charge is 0.225 e. The van der Waals surface area contributed by atoms with Crippen LogP contribution in [-0.2, 0) is 0 Å². The van der Waals surface area contributed by atoms with Crippen LogP contribution in [0.4, 0.5) is 11.8 Å². The molecule has 0 aliphatic carbocycles. The van der Waals surface area contributed by atoms with Crippen LogP contribution in [0.25, 0.3) is 10.2 Å². The van der Waals surface area contributed by atoms with Gasteiger partial charge in [-0.05, 0) is 25.4 Å². The van der Waals surface area contributed by atoms with Crippen molar-refractivity contribution in [2.75, 3.05) is 43.9 Å². The second-order valence-electron chi connectivity index (χ2n) is 5.04. The lowest BCUT2D eigenvalue weighted by Gasteiger charge is -2.38. The average Bonchev–Trinajstić information content (AvgIpc) is 2.89. The van der Waals surface area contributed by atoms with Gasteiger partial charge in [-0.25, -0.2) is 4.98 Å². The third-order valence-electron chi connectivity index (χ3n) is 3.79. The summed E-state index contributed by atoms with van der Waals surface area (Å²) in [7, 11) is 4.05. The molecule has 1 N–H and O–H groups in total. The van der Waals surface area contributed by atoms with Crippen molar-refractivity contribution < 1.29 is 0 Å². The fourth-order valence-electron chi connectivity index (χ4n) is 2.43. The molecule has 1 aliphatic heterocycles. The molecule has 102 valence electrons. The highest BCUT2D eigenvalue weighted by molar-refractivity contribution is 7.16. The van der Waals surface area contributed by atoms with E-state index in [-0.39, 0.29) is 0 Å². The summed E-state index contributed by atoms with van der Waals surface area (Å²) >= 11 is 1.67. The molecule has 0 saturated carbocycles. The summed E-state index contributed by atoms with van der Waals surface area (Å²) in [6.45, 7) is 5.37. The van der Waals surface area contributed by atoms with E-state index in [2.05, 4.69) is 50.5 Å². The summed E-state index contributed by atoms with van der Waals surface area (Å²) < 4.78 is 0. The molecule has 2 aromatic rings. The maximum Gasteiger partial charge on any atom is 0.225 e. The molecule has 1 aliphatic rings. The Hall–Kier alpha value is -1.40. The predicted octanol–water partition coefficient (Wildman–Crippen LogP) is 1.87. The van der Waals surface area contributed by atoms with Gasteiger partial charge in [0.2, 0.25) is 5.95 Å². The van der Waals surface area contributed by atoms with Crippen molar-refractivity contribution in [1.29, 1.82) is 0 Å². The van der Waals surface area contributed by atoms with E-state index in [1.165, 1.54) is 5.39 Å². The fourth-order valence-corrected chi connectivity index (χ4v) is 3.19. The summed E-state index contributed by atoms with van der Waals surface area (Å²) in [5, 5.41) is 6.31. The van der Waals surface area contributed by atoms with E-state index in [0.29, 0.717) is 12.0 Å². The Bertz CT molecular complexity index is 581. The highest BCUT2D eigenvalue weighted by Crippen LogP contribution is 2.30. The number of piperazine rings is 1. The molecule has 3 heterocycles. The van der Waals surface area contributed by atoms with Gasteiger partial charge < -0.3 is 15.1 Å². The zero-order valence-corrected chi connectivity index (χ0v) is 12.4. The number of anilines is 2. The van der Waals surface area contributed by atoms with Gasteiger partial charge >= 0.3 is 0 Å². The molecule has 1 fully saturated rings. The first-order valence-electron chi connectivity index (χ1n) is 6.57. The Morgan fingerprint density at radius 2 is 2.21 bits per heavy atom. The highest BCUT2D eigenvalue weighted by atomic mass is 32.1. The summed E-state index contributed by atoms with van der Waals surface area (Å²) in [6.07, 6.45) is 0. The van der Waals surface area contributed by atoms with Crippen molar-refractivity contribution >= 4 is 33.3 Å². The monoisotopic (exact) mass is 277 g/mol. The summed E-state index contributed by atoms with van der Waals surface area (Å²) in [5.74, 6) is 1.77. The number of fused-ring (bicyclic) bond motifs is 1. The van der Waals surface area contributed by atoms with Crippen LogP contribution in [0.5, 0.6) is 0 Å². The van der Waals surface area contributed by atoms with Crippen molar-refractivity contribution in [3.05, 3.63) is 11.4 Å². The fraction of sp³-hybridized carbons (Fsp3) is 0.538. The predicted molar refractivity (Wildman–Crippen MR) is 81.3 cm³/mol. The van der Waals surface area contributed by atoms with Crippen molar-refractivity contribution in [1.82, 2.24) is 14.9 Å². The van der Waals surface area contributed by atoms with Crippen LogP contribution >= 0.6 is 11.3 Å². The zero-order valence-electron chi connectivity index (χ0n) is 11.6. The minimum absolute atomic E-state index is 0.551. The van der Waals surface area contributed by atoms with Crippen LogP contribution in [0.3, 0.4) is 0 Å². The Kier molecular flexibility index (Phi) is 3.28. The van der Waals surface area contributed by atoms with Crippen molar-refractivity contribution in [2.45, 2.75) is 13.0 Å². The number of rotatable bonds is 2. The molecule has 5 nitrogen and oxygen atoms in total. The SMILES string of the molecule is CNc1nc(N2CCN(C)C(C)C2)c2ccsc2n1. The largest absolute Gasteiger partial charge is 0.357 e. The van der Waals surface area contributed by atoms with E-state index in [1.54, 1.807) is 11.3 Å². The molecule has 0 amide bonds. The van der Waals surface area contributed by atoms with Crippen molar-refractivity contribution in [2.24, 2.45) is 0 Å². The van der Waals surface area contributed by atoms with Crippen LogP contribution in [-0.4, -0.2) is 54.6 Å². The maximum atomic E-state index is 4.67.